The van der Waals surface area contributed by atoms with Crippen LogP contribution < -0.4 is 20.6 Å². The van der Waals surface area contributed by atoms with Crippen LogP contribution in [0.15, 0.2) is 29.6 Å². The monoisotopic (exact) mass is 353 g/mol. The number of hydrogen-bond donors (Lipinski definition) is 3. The van der Waals surface area contributed by atoms with Gasteiger partial charge in [-0.25, -0.2) is 10.4 Å². The first-order chi connectivity index (χ1) is 11.7. The van der Waals surface area contributed by atoms with E-state index in [0.717, 1.165) is 35.2 Å². The number of alkyl halides is 2. The maximum absolute atomic E-state index is 12.2. The van der Waals surface area contributed by atoms with Gasteiger partial charge in [0, 0.05) is 10.9 Å². The molecule has 1 aliphatic heterocycles. The summed E-state index contributed by atoms with van der Waals surface area (Å²) in [7, 11) is 0. The lowest BCUT2D eigenvalue weighted by molar-refractivity contribution is -0.459. The molecule has 1 aromatic heterocycles. The van der Waals surface area contributed by atoms with Crippen LogP contribution in [0.1, 0.15) is 25.7 Å². The smallest absolute Gasteiger partial charge is 0.387 e. The highest BCUT2D eigenvalue weighted by atomic mass is 32.1. The second kappa shape index (κ2) is 8.05. The van der Waals surface area contributed by atoms with Crippen LogP contribution in [0.25, 0.3) is 11.3 Å². The predicted molar refractivity (Wildman–Crippen MR) is 90.2 cm³/mol. The minimum Gasteiger partial charge on any atom is -0.435 e. The van der Waals surface area contributed by atoms with Crippen LogP contribution in [0.4, 0.5) is 13.9 Å². The molecule has 0 saturated carbocycles. The van der Waals surface area contributed by atoms with E-state index in [9.17, 15) is 8.78 Å². The summed E-state index contributed by atoms with van der Waals surface area (Å²) in [5.74, 6) is 1.22. The van der Waals surface area contributed by atoms with Crippen molar-refractivity contribution in [2.24, 2.45) is 0 Å². The Morgan fingerprint density at radius 3 is 2.75 bits per heavy atom. The quantitative estimate of drug-likeness (QED) is 0.723. The molecule has 0 spiro atoms. The fourth-order valence-electron chi connectivity index (χ4n) is 2.44. The molecule has 0 bridgehead atoms. The largest absolute Gasteiger partial charge is 0.435 e. The van der Waals surface area contributed by atoms with Crippen molar-refractivity contribution in [2.45, 2.75) is 32.3 Å². The second-order valence-corrected chi connectivity index (χ2v) is 6.26. The van der Waals surface area contributed by atoms with Crippen molar-refractivity contribution in [3.8, 4) is 17.0 Å². The Kier molecular flexibility index (Phi) is 5.58. The molecule has 0 atom stereocenters. The number of aromatic nitrogens is 1. The van der Waals surface area contributed by atoms with Crippen molar-refractivity contribution in [1.82, 2.24) is 10.4 Å². The zero-order chi connectivity index (χ0) is 16.8. The molecular formula is C16H19F2N4OS+. The molecular weight excluding hydrogens is 334 g/mol. The molecule has 0 aliphatic carbocycles. The Morgan fingerprint density at radius 1 is 1.12 bits per heavy atom. The van der Waals surface area contributed by atoms with Gasteiger partial charge < -0.3 is 4.74 Å². The number of ether oxygens (including phenoxy) is 1. The molecule has 0 saturated heterocycles. The molecule has 3 rings (SSSR count). The van der Waals surface area contributed by atoms with Gasteiger partial charge in [0.05, 0.1) is 18.7 Å². The maximum atomic E-state index is 12.2. The van der Waals surface area contributed by atoms with E-state index in [-0.39, 0.29) is 5.75 Å². The third-order valence-electron chi connectivity index (χ3n) is 3.64. The van der Waals surface area contributed by atoms with E-state index in [0.29, 0.717) is 0 Å². The summed E-state index contributed by atoms with van der Waals surface area (Å²) >= 11 is 1.48. The summed E-state index contributed by atoms with van der Waals surface area (Å²) in [5, 5.41) is 2.66. The number of benzene rings is 1. The van der Waals surface area contributed by atoms with Crippen molar-refractivity contribution >= 4 is 22.3 Å². The van der Waals surface area contributed by atoms with E-state index in [2.05, 4.69) is 25.6 Å². The molecule has 8 heteroatoms. The van der Waals surface area contributed by atoms with Gasteiger partial charge in [0.2, 0.25) is 5.13 Å². The molecule has 1 aromatic carbocycles. The first-order valence-corrected chi connectivity index (χ1v) is 8.71. The SMILES string of the molecule is FC(F)Oc1ccc(-c2csc(NNC3=[NH+]CCCCC3)n2)cc1. The first kappa shape index (κ1) is 16.6. The molecule has 0 radical (unpaired) electrons. The zero-order valence-corrected chi connectivity index (χ0v) is 13.8. The molecule has 24 heavy (non-hydrogen) atoms. The summed E-state index contributed by atoms with van der Waals surface area (Å²) in [6, 6.07) is 6.45. The van der Waals surface area contributed by atoms with Crippen molar-refractivity contribution < 1.29 is 18.5 Å². The average molecular weight is 353 g/mol. The van der Waals surface area contributed by atoms with Crippen LogP contribution >= 0.6 is 11.3 Å². The number of amidine groups is 1. The molecule has 0 amide bonds. The third kappa shape index (κ3) is 4.64. The number of anilines is 1. The number of nitrogens with zero attached hydrogens (tertiary/aromatic N) is 1. The van der Waals surface area contributed by atoms with Gasteiger partial charge in [-0.15, -0.1) is 11.3 Å². The average Bonchev–Trinajstić information content (AvgIpc) is 2.88. The fraction of sp³-hybridized carbons (Fsp3) is 0.375. The van der Waals surface area contributed by atoms with Crippen molar-refractivity contribution in [2.75, 3.05) is 12.0 Å². The minimum atomic E-state index is -2.81. The summed E-state index contributed by atoms with van der Waals surface area (Å²) in [6.45, 7) is -1.83. The van der Waals surface area contributed by atoms with Crippen molar-refractivity contribution in [3.05, 3.63) is 29.6 Å². The van der Waals surface area contributed by atoms with Gasteiger partial charge in [-0.1, -0.05) is 0 Å². The number of hydrazine groups is 1. The number of nitrogens with one attached hydrogen (secondary N) is 3. The van der Waals surface area contributed by atoms with E-state index in [1.807, 2.05) is 5.38 Å². The van der Waals surface area contributed by atoms with E-state index >= 15 is 0 Å². The molecule has 3 N–H and O–H groups in total. The minimum absolute atomic E-state index is 0.139. The Morgan fingerprint density at radius 2 is 1.96 bits per heavy atom. The lowest BCUT2D eigenvalue weighted by Crippen LogP contribution is -2.76. The van der Waals surface area contributed by atoms with E-state index in [1.54, 1.807) is 12.1 Å². The molecule has 128 valence electrons. The molecule has 5 nitrogen and oxygen atoms in total. The highest BCUT2D eigenvalue weighted by Crippen LogP contribution is 2.26. The van der Waals surface area contributed by atoms with Crippen LogP contribution in [0, 0.1) is 0 Å². The highest BCUT2D eigenvalue weighted by molar-refractivity contribution is 7.14. The van der Waals surface area contributed by atoms with Crippen LogP contribution in [-0.2, 0) is 0 Å². The summed E-state index contributed by atoms with van der Waals surface area (Å²) in [5.41, 5.74) is 7.91. The second-order valence-electron chi connectivity index (χ2n) is 5.41. The van der Waals surface area contributed by atoms with Crippen LogP contribution in [0.3, 0.4) is 0 Å². The van der Waals surface area contributed by atoms with Gasteiger partial charge in [-0.05, 0) is 43.5 Å². The number of hydrogen-bond acceptors (Lipinski definition) is 5. The topological polar surface area (TPSA) is 60.1 Å². The van der Waals surface area contributed by atoms with Gasteiger partial charge in [0.1, 0.15) is 5.75 Å². The van der Waals surface area contributed by atoms with Crippen LogP contribution in [0.5, 0.6) is 5.75 Å². The van der Waals surface area contributed by atoms with Gasteiger partial charge in [0.25, 0.3) is 5.84 Å². The summed E-state index contributed by atoms with van der Waals surface area (Å²) in [6.07, 6.45) is 4.60. The Bertz CT molecular complexity index is 688. The standard InChI is InChI=1S/C16H18F2N4OS/c17-15(18)23-12-7-5-11(6-8-12)13-10-24-16(20-13)22-21-14-4-2-1-3-9-19-14/h5-8,10,15H,1-4,9H2,(H,19,21)(H,20,22)/p+1. The number of halogens is 2. The Hall–Kier alpha value is -2.22. The predicted octanol–water partition coefficient (Wildman–Crippen LogP) is 2.38. The summed E-state index contributed by atoms with van der Waals surface area (Å²) in [4.78, 5) is 7.85. The lowest BCUT2D eigenvalue weighted by atomic mass is 10.2. The lowest BCUT2D eigenvalue weighted by Gasteiger charge is -2.04. The molecule has 2 aromatic rings. The molecule has 0 unspecified atom stereocenters. The molecule has 0 fully saturated rings. The van der Waals surface area contributed by atoms with Crippen LogP contribution in [0.2, 0.25) is 0 Å². The van der Waals surface area contributed by atoms with Crippen molar-refractivity contribution in [3.63, 3.8) is 0 Å². The number of rotatable bonds is 5. The van der Waals surface area contributed by atoms with Gasteiger partial charge in [-0.3, -0.25) is 4.99 Å². The Labute approximate surface area is 142 Å². The first-order valence-electron chi connectivity index (χ1n) is 7.83. The van der Waals surface area contributed by atoms with Gasteiger partial charge >= 0.3 is 6.61 Å². The summed E-state index contributed by atoms with van der Waals surface area (Å²) < 4.78 is 28.7. The van der Waals surface area contributed by atoms with Gasteiger partial charge in [-0.2, -0.15) is 14.2 Å². The van der Waals surface area contributed by atoms with Gasteiger partial charge in [0.15, 0.2) is 0 Å². The normalized spacial score (nSPS) is 14.9. The van der Waals surface area contributed by atoms with Crippen LogP contribution in [-0.4, -0.2) is 24.0 Å². The third-order valence-corrected chi connectivity index (χ3v) is 4.40. The van der Waals surface area contributed by atoms with E-state index < -0.39 is 6.61 Å². The molecule has 2 heterocycles. The van der Waals surface area contributed by atoms with Crippen molar-refractivity contribution in [1.29, 1.82) is 0 Å². The number of thiazole rings is 1. The highest BCUT2D eigenvalue weighted by Gasteiger charge is 2.11. The molecule has 1 aliphatic rings. The van der Waals surface area contributed by atoms with E-state index in [1.165, 1.54) is 42.7 Å². The maximum Gasteiger partial charge on any atom is 0.387 e. The zero-order valence-electron chi connectivity index (χ0n) is 13.0. The Balaban J connectivity index is 1.59. The van der Waals surface area contributed by atoms with E-state index in [4.69, 9.17) is 0 Å². The fourth-order valence-corrected chi connectivity index (χ4v) is 3.11.